The molecule has 2 aliphatic carbocycles. The molecule has 0 radical (unpaired) electrons. The summed E-state index contributed by atoms with van der Waals surface area (Å²) in [7, 11) is 0. The summed E-state index contributed by atoms with van der Waals surface area (Å²) in [5.74, 6) is 1.02. The summed E-state index contributed by atoms with van der Waals surface area (Å²) in [5.41, 5.74) is 0. The fourth-order valence-electron chi connectivity index (χ4n) is 3.71. The van der Waals surface area contributed by atoms with E-state index in [9.17, 15) is 9.18 Å². The SMILES string of the molecule is CC[C@@H](Oc1ccccc1F)C(=O)N[C@@H]1C[C@@H]2CC[C@@H]1C2. The van der Waals surface area contributed by atoms with Gasteiger partial charge in [0.25, 0.3) is 5.91 Å². The van der Waals surface area contributed by atoms with Gasteiger partial charge in [0, 0.05) is 6.04 Å². The average Bonchev–Trinajstić information content (AvgIpc) is 3.09. The lowest BCUT2D eigenvalue weighted by Gasteiger charge is -2.25. The van der Waals surface area contributed by atoms with E-state index < -0.39 is 11.9 Å². The normalized spacial score (nSPS) is 28.4. The first kappa shape index (κ1) is 14.4. The summed E-state index contributed by atoms with van der Waals surface area (Å²) < 4.78 is 19.2. The van der Waals surface area contributed by atoms with Crippen LogP contribution in [0, 0.1) is 17.7 Å². The van der Waals surface area contributed by atoms with Crippen molar-refractivity contribution in [2.75, 3.05) is 0 Å². The molecule has 2 aliphatic rings. The van der Waals surface area contributed by atoms with Gasteiger partial charge in [-0.3, -0.25) is 4.79 Å². The van der Waals surface area contributed by atoms with E-state index in [0.29, 0.717) is 12.3 Å². The zero-order chi connectivity index (χ0) is 14.8. The molecule has 0 heterocycles. The van der Waals surface area contributed by atoms with E-state index in [1.54, 1.807) is 18.2 Å². The molecule has 4 atom stereocenters. The maximum Gasteiger partial charge on any atom is 0.261 e. The molecule has 2 bridgehead atoms. The molecule has 1 amide bonds. The molecule has 3 rings (SSSR count). The Morgan fingerprint density at radius 3 is 2.81 bits per heavy atom. The highest BCUT2D eigenvalue weighted by molar-refractivity contribution is 5.81. The summed E-state index contributed by atoms with van der Waals surface area (Å²) in [6.07, 6.45) is 4.77. The van der Waals surface area contributed by atoms with E-state index in [0.717, 1.165) is 12.3 Å². The van der Waals surface area contributed by atoms with Crippen molar-refractivity contribution in [1.29, 1.82) is 0 Å². The van der Waals surface area contributed by atoms with Crippen LogP contribution < -0.4 is 10.1 Å². The molecule has 4 heteroatoms. The molecular weight excluding hydrogens is 269 g/mol. The highest BCUT2D eigenvalue weighted by Crippen LogP contribution is 2.44. The van der Waals surface area contributed by atoms with Gasteiger partial charge in [0.05, 0.1) is 0 Å². The highest BCUT2D eigenvalue weighted by Gasteiger charge is 2.40. The Hall–Kier alpha value is -1.58. The molecule has 1 aromatic rings. The fourth-order valence-corrected chi connectivity index (χ4v) is 3.71. The Labute approximate surface area is 124 Å². The molecule has 2 saturated carbocycles. The van der Waals surface area contributed by atoms with E-state index in [2.05, 4.69) is 5.32 Å². The first-order valence-corrected chi connectivity index (χ1v) is 7.89. The maximum absolute atomic E-state index is 13.6. The molecule has 0 saturated heterocycles. The van der Waals surface area contributed by atoms with Gasteiger partial charge in [0.1, 0.15) is 0 Å². The zero-order valence-corrected chi connectivity index (χ0v) is 12.3. The quantitative estimate of drug-likeness (QED) is 0.904. The van der Waals surface area contributed by atoms with Crippen LogP contribution >= 0.6 is 0 Å². The summed E-state index contributed by atoms with van der Waals surface area (Å²) in [5, 5.41) is 3.11. The van der Waals surface area contributed by atoms with Crippen LogP contribution in [0.1, 0.15) is 39.0 Å². The minimum atomic E-state index is -0.624. The number of hydrogen-bond acceptors (Lipinski definition) is 2. The molecule has 1 N–H and O–H groups in total. The molecule has 0 unspecified atom stereocenters. The van der Waals surface area contributed by atoms with Crippen LogP contribution in [0.5, 0.6) is 5.75 Å². The number of benzene rings is 1. The second kappa shape index (κ2) is 6.04. The maximum atomic E-state index is 13.6. The van der Waals surface area contributed by atoms with Crippen molar-refractivity contribution in [2.45, 2.75) is 51.2 Å². The Morgan fingerprint density at radius 2 is 2.19 bits per heavy atom. The van der Waals surface area contributed by atoms with Crippen LogP contribution in [0.4, 0.5) is 4.39 Å². The van der Waals surface area contributed by atoms with E-state index >= 15 is 0 Å². The smallest absolute Gasteiger partial charge is 0.261 e. The zero-order valence-electron chi connectivity index (χ0n) is 12.3. The highest BCUT2D eigenvalue weighted by atomic mass is 19.1. The lowest BCUT2D eigenvalue weighted by atomic mass is 9.95. The van der Waals surface area contributed by atoms with Crippen molar-refractivity contribution >= 4 is 5.91 Å². The molecule has 3 nitrogen and oxygen atoms in total. The number of amides is 1. The second-order valence-corrected chi connectivity index (χ2v) is 6.24. The van der Waals surface area contributed by atoms with Crippen molar-refractivity contribution < 1.29 is 13.9 Å². The first-order chi connectivity index (χ1) is 10.2. The summed E-state index contributed by atoms with van der Waals surface area (Å²) in [6.45, 7) is 1.88. The van der Waals surface area contributed by atoms with Crippen molar-refractivity contribution in [2.24, 2.45) is 11.8 Å². The van der Waals surface area contributed by atoms with E-state index in [1.807, 2.05) is 6.92 Å². The van der Waals surface area contributed by atoms with Gasteiger partial charge in [-0.05, 0) is 49.7 Å². The molecule has 21 heavy (non-hydrogen) atoms. The summed E-state index contributed by atoms with van der Waals surface area (Å²) in [6, 6.07) is 6.50. The van der Waals surface area contributed by atoms with Gasteiger partial charge in [-0.25, -0.2) is 4.39 Å². The molecule has 2 fully saturated rings. The third-order valence-corrected chi connectivity index (χ3v) is 4.83. The lowest BCUT2D eigenvalue weighted by Crippen LogP contribution is -2.45. The third-order valence-electron chi connectivity index (χ3n) is 4.83. The minimum absolute atomic E-state index is 0.113. The van der Waals surface area contributed by atoms with Gasteiger partial charge in [-0.1, -0.05) is 25.5 Å². The van der Waals surface area contributed by atoms with Gasteiger partial charge < -0.3 is 10.1 Å². The number of halogens is 1. The Kier molecular flexibility index (Phi) is 4.13. The molecule has 0 spiro atoms. The number of carbonyl (C=O) groups is 1. The predicted octanol–water partition coefficient (Wildman–Crippen LogP) is 3.29. The van der Waals surface area contributed by atoms with Crippen LogP contribution in [0.15, 0.2) is 24.3 Å². The Bertz CT molecular complexity index is 519. The molecule has 0 aliphatic heterocycles. The van der Waals surface area contributed by atoms with Crippen molar-refractivity contribution in [3.05, 3.63) is 30.1 Å². The van der Waals surface area contributed by atoms with Gasteiger partial charge in [-0.15, -0.1) is 0 Å². The van der Waals surface area contributed by atoms with E-state index in [1.165, 1.54) is 25.3 Å². The topological polar surface area (TPSA) is 38.3 Å². The van der Waals surface area contributed by atoms with Crippen LogP contribution in [0.2, 0.25) is 0 Å². The minimum Gasteiger partial charge on any atom is -0.478 e. The average molecular weight is 291 g/mol. The molecule has 1 aromatic carbocycles. The van der Waals surface area contributed by atoms with Gasteiger partial charge in [0.2, 0.25) is 0 Å². The molecule has 0 aromatic heterocycles. The fraction of sp³-hybridized carbons (Fsp3) is 0.588. The van der Waals surface area contributed by atoms with Crippen molar-refractivity contribution in [1.82, 2.24) is 5.32 Å². The number of ether oxygens (including phenoxy) is 1. The lowest BCUT2D eigenvalue weighted by molar-refractivity contribution is -0.129. The Morgan fingerprint density at radius 1 is 1.38 bits per heavy atom. The predicted molar refractivity (Wildman–Crippen MR) is 78.5 cm³/mol. The second-order valence-electron chi connectivity index (χ2n) is 6.24. The number of hydrogen-bond donors (Lipinski definition) is 1. The first-order valence-electron chi connectivity index (χ1n) is 7.89. The van der Waals surface area contributed by atoms with Crippen molar-refractivity contribution in [3.8, 4) is 5.75 Å². The van der Waals surface area contributed by atoms with E-state index in [4.69, 9.17) is 4.74 Å². The summed E-state index contributed by atoms with van der Waals surface area (Å²) in [4.78, 5) is 12.4. The van der Waals surface area contributed by atoms with Crippen LogP contribution in [-0.2, 0) is 4.79 Å². The van der Waals surface area contributed by atoms with Gasteiger partial charge in [-0.2, -0.15) is 0 Å². The van der Waals surface area contributed by atoms with Crippen LogP contribution in [-0.4, -0.2) is 18.1 Å². The number of para-hydroxylation sites is 1. The standard InChI is InChI=1S/C17H22FNO2/c1-2-15(21-16-6-4-3-5-13(16)18)17(20)19-14-10-11-7-8-12(14)9-11/h3-6,11-12,14-15H,2,7-10H2,1H3,(H,19,20)/t11-,12-,14-,15-/m1/s1. The van der Waals surface area contributed by atoms with Crippen LogP contribution in [0.3, 0.4) is 0 Å². The Balaban J connectivity index is 1.60. The number of carbonyl (C=O) groups excluding carboxylic acids is 1. The molecule has 114 valence electrons. The van der Waals surface area contributed by atoms with Gasteiger partial charge in [0.15, 0.2) is 17.7 Å². The van der Waals surface area contributed by atoms with Gasteiger partial charge >= 0.3 is 0 Å². The van der Waals surface area contributed by atoms with E-state index in [-0.39, 0.29) is 17.7 Å². The summed E-state index contributed by atoms with van der Waals surface area (Å²) >= 11 is 0. The monoisotopic (exact) mass is 291 g/mol. The van der Waals surface area contributed by atoms with Crippen molar-refractivity contribution in [3.63, 3.8) is 0 Å². The largest absolute Gasteiger partial charge is 0.478 e. The third kappa shape index (κ3) is 3.04. The number of fused-ring (bicyclic) bond motifs is 2. The van der Waals surface area contributed by atoms with Crippen LogP contribution in [0.25, 0.3) is 0 Å². The number of rotatable bonds is 5. The number of nitrogens with one attached hydrogen (secondary N) is 1. The molecular formula is C17H22FNO2.